The van der Waals surface area contributed by atoms with Crippen molar-refractivity contribution < 1.29 is 10.2 Å². The first kappa shape index (κ1) is 9.03. The number of hydrogen-bond acceptors (Lipinski definition) is 3. The molecular weight excluding hydrogens is 154 g/mol. The van der Waals surface area contributed by atoms with Crippen LogP contribution in [0.25, 0.3) is 0 Å². The SMILES string of the molecule is Nc1ccccc1CC(O)CO. The molecule has 0 aliphatic rings. The van der Waals surface area contributed by atoms with Gasteiger partial charge >= 0.3 is 0 Å². The first-order valence-corrected chi connectivity index (χ1v) is 3.86. The molecule has 0 saturated heterocycles. The number of aliphatic hydroxyl groups is 2. The fourth-order valence-corrected chi connectivity index (χ4v) is 1.04. The van der Waals surface area contributed by atoms with E-state index in [1.807, 2.05) is 18.2 Å². The molecule has 1 rings (SSSR count). The quantitative estimate of drug-likeness (QED) is 0.562. The van der Waals surface area contributed by atoms with Crippen molar-refractivity contribution in [2.75, 3.05) is 12.3 Å². The Morgan fingerprint density at radius 1 is 1.33 bits per heavy atom. The molecule has 0 radical (unpaired) electrons. The lowest BCUT2D eigenvalue weighted by Gasteiger charge is -2.08. The van der Waals surface area contributed by atoms with E-state index < -0.39 is 6.10 Å². The van der Waals surface area contributed by atoms with Crippen LogP contribution in [0.1, 0.15) is 5.56 Å². The predicted octanol–water partition coefficient (Wildman–Crippen LogP) is 0.165. The van der Waals surface area contributed by atoms with Crippen LogP contribution in [0.3, 0.4) is 0 Å². The largest absolute Gasteiger partial charge is 0.399 e. The first-order valence-electron chi connectivity index (χ1n) is 3.86. The van der Waals surface area contributed by atoms with Crippen LogP contribution in [0.15, 0.2) is 24.3 Å². The van der Waals surface area contributed by atoms with Gasteiger partial charge in [0, 0.05) is 12.1 Å². The van der Waals surface area contributed by atoms with Crippen molar-refractivity contribution in [3.8, 4) is 0 Å². The molecule has 0 heterocycles. The molecule has 3 heteroatoms. The van der Waals surface area contributed by atoms with Crippen LogP contribution in [0, 0.1) is 0 Å². The van der Waals surface area contributed by atoms with Gasteiger partial charge in [0.25, 0.3) is 0 Å². The molecular formula is C9H13NO2. The number of anilines is 1. The minimum Gasteiger partial charge on any atom is -0.399 e. The van der Waals surface area contributed by atoms with Gasteiger partial charge in [0.1, 0.15) is 0 Å². The molecule has 0 fully saturated rings. The van der Waals surface area contributed by atoms with Crippen LogP contribution in [-0.2, 0) is 6.42 Å². The van der Waals surface area contributed by atoms with Crippen LogP contribution >= 0.6 is 0 Å². The maximum Gasteiger partial charge on any atom is 0.0811 e. The van der Waals surface area contributed by atoms with Crippen molar-refractivity contribution in [2.24, 2.45) is 0 Å². The molecule has 1 aromatic carbocycles. The van der Waals surface area contributed by atoms with E-state index in [9.17, 15) is 0 Å². The summed E-state index contributed by atoms with van der Waals surface area (Å²) in [5.41, 5.74) is 7.16. The summed E-state index contributed by atoms with van der Waals surface area (Å²) in [6.07, 6.45) is -0.307. The van der Waals surface area contributed by atoms with E-state index in [1.165, 1.54) is 0 Å². The number of nitrogens with two attached hydrogens (primary N) is 1. The van der Waals surface area contributed by atoms with E-state index in [4.69, 9.17) is 15.9 Å². The number of nitrogen functional groups attached to an aromatic ring is 1. The summed E-state index contributed by atoms with van der Waals surface area (Å²) >= 11 is 0. The topological polar surface area (TPSA) is 66.5 Å². The van der Waals surface area contributed by atoms with Crippen molar-refractivity contribution in [2.45, 2.75) is 12.5 Å². The standard InChI is InChI=1S/C9H13NO2/c10-9-4-2-1-3-7(9)5-8(12)6-11/h1-4,8,11-12H,5-6,10H2. The molecule has 66 valence electrons. The second-order valence-corrected chi connectivity index (χ2v) is 2.74. The van der Waals surface area contributed by atoms with Gasteiger partial charge in [0.15, 0.2) is 0 Å². The molecule has 0 aliphatic heterocycles. The monoisotopic (exact) mass is 167 g/mol. The van der Waals surface area contributed by atoms with Gasteiger partial charge in [-0.2, -0.15) is 0 Å². The summed E-state index contributed by atoms with van der Waals surface area (Å²) in [5.74, 6) is 0. The molecule has 1 aromatic rings. The molecule has 12 heavy (non-hydrogen) atoms. The number of rotatable bonds is 3. The number of aliphatic hydroxyl groups excluding tert-OH is 2. The minimum absolute atomic E-state index is 0.228. The third kappa shape index (κ3) is 2.22. The van der Waals surface area contributed by atoms with Crippen LogP contribution < -0.4 is 5.73 Å². The zero-order valence-corrected chi connectivity index (χ0v) is 6.77. The van der Waals surface area contributed by atoms with Crippen molar-refractivity contribution in [1.82, 2.24) is 0 Å². The molecule has 0 amide bonds. The molecule has 1 atom stereocenters. The van der Waals surface area contributed by atoms with Gasteiger partial charge < -0.3 is 15.9 Å². The Balaban J connectivity index is 2.69. The lowest BCUT2D eigenvalue weighted by molar-refractivity contribution is 0.0956. The average molecular weight is 167 g/mol. The van der Waals surface area contributed by atoms with Crippen LogP contribution in [0.5, 0.6) is 0 Å². The van der Waals surface area contributed by atoms with Crippen molar-refractivity contribution in [3.63, 3.8) is 0 Å². The zero-order chi connectivity index (χ0) is 8.97. The summed E-state index contributed by atoms with van der Waals surface area (Å²) in [7, 11) is 0. The Hall–Kier alpha value is -1.06. The predicted molar refractivity (Wildman–Crippen MR) is 47.7 cm³/mol. The molecule has 0 aliphatic carbocycles. The zero-order valence-electron chi connectivity index (χ0n) is 6.77. The number of benzene rings is 1. The van der Waals surface area contributed by atoms with Gasteiger partial charge in [-0.15, -0.1) is 0 Å². The summed E-state index contributed by atoms with van der Waals surface area (Å²) in [4.78, 5) is 0. The van der Waals surface area contributed by atoms with Gasteiger partial charge in [-0.1, -0.05) is 18.2 Å². The van der Waals surface area contributed by atoms with Crippen LogP contribution in [0.2, 0.25) is 0 Å². The molecule has 0 spiro atoms. The number of hydrogen-bond donors (Lipinski definition) is 3. The fourth-order valence-electron chi connectivity index (χ4n) is 1.04. The number of para-hydroxylation sites is 1. The molecule has 3 nitrogen and oxygen atoms in total. The van der Waals surface area contributed by atoms with E-state index in [-0.39, 0.29) is 6.61 Å². The maximum atomic E-state index is 9.13. The third-order valence-electron chi connectivity index (χ3n) is 1.72. The molecule has 0 bridgehead atoms. The van der Waals surface area contributed by atoms with Gasteiger partial charge in [0.05, 0.1) is 12.7 Å². The second kappa shape index (κ2) is 4.09. The van der Waals surface area contributed by atoms with Gasteiger partial charge in [-0.3, -0.25) is 0 Å². The maximum absolute atomic E-state index is 9.13. The van der Waals surface area contributed by atoms with Gasteiger partial charge in [-0.25, -0.2) is 0 Å². The second-order valence-electron chi connectivity index (χ2n) is 2.74. The lowest BCUT2D eigenvalue weighted by atomic mass is 10.1. The summed E-state index contributed by atoms with van der Waals surface area (Å²) in [6, 6.07) is 7.31. The Kier molecular flexibility index (Phi) is 3.08. The van der Waals surface area contributed by atoms with Crippen LogP contribution in [0.4, 0.5) is 5.69 Å². The normalized spacial score (nSPS) is 12.8. The molecule has 4 N–H and O–H groups in total. The lowest BCUT2D eigenvalue weighted by Crippen LogP contribution is -2.15. The highest BCUT2D eigenvalue weighted by Crippen LogP contribution is 2.12. The summed E-state index contributed by atoms with van der Waals surface area (Å²) < 4.78 is 0. The van der Waals surface area contributed by atoms with Crippen molar-refractivity contribution in [3.05, 3.63) is 29.8 Å². The fraction of sp³-hybridized carbons (Fsp3) is 0.333. The average Bonchev–Trinajstić information content (AvgIpc) is 2.09. The highest BCUT2D eigenvalue weighted by molar-refractivity contribution is 5.46. The Bertz CT molecular complexity index is 250. The Morgan fingerprint density at radius 3 is 2.58 bits per heavy atom. The Labute approximate surface area is 71.5 Å². The molecule has 0 saturated carbocycles. The molecule has 0 aromatic heterocycles. The first-order chi connectivity index (χ1) is 5.74. The van der Waals surface area contributed by atoms with Gasteiger partial charge in [0.2, 0.25) is 0 Å². The van der Waals surface area contributed by atoms with E-state index >= 15 is 0 Å². The van der Waals surface area contributed by atoms with E-state index in [2.05, 4.69) is 0 Å². The minimum atomic E-state index is -0.713. The summed E-state index contributed by atoms with van der Waals surface area (Å²) in [5, 5.41) is 17.7. The third-order valence-corrected chi connectivity index (χ3v) is 1.72. The smallest absolute Gasteiger partial charge is 0.0811 e. The highest BCUT2D eigenvalue weighted by atomic mass is 16.3. The van der Waals surface area contributed by atoms with Crippen molar-refractivity contribution >= 4 is 5.69 Å². The Morgan fingerprint density at radius 2 is 2.00 bits per heavy atom. The van der Waals surface area contributed by atoms with E-state index in [1.54, 1.807) is 6.07 Å². The van der Waals surface area contributed by atoms with E-state index in [0.717, 1.165) is 5.56 Å². The van der Waals surface area contributed by atoms with Gasteiger partial charge in [-0.05, 0) is 11.6 Å². The van der Waals surface area contributed by atoms with Crippen LogP contribution in [-0.4, -0.2) is 22.9 Å². The van der Waals surface area contributed by atoms with E-state index in [0.29, 0.717) is 12.1 Å². The highest BCUT2D eigenvalue weighted by Gasteiger charge is 2.05. The summed E-state index contributed by atoms with van der Waals surface area (Å²) in [6.45, 7) is -0.228. The van der Waals surface area contributed by atoms with Crippen molar-refractivity contribution in [1.29, 1.82) is 0 Å². The molecule has 1 unspecified atom stereocenters.